The third-order valence-electron chi connectivity index (χ3n) is 6.21. The predicted octanol–water partition coefficient (Wildman–Crippen LogP) is 3.40. The minimum absolute atomic E-state index is 0.182. The number of para-hydroxylation sites is 1. The summed E-state index contributed by atoms with van der Waals surface area (Å²) < 4.78 is 5.20. The van der Waals surface area contributed by atoms with E-state index in [0.717, 1.165) is 43.8 Å². The highest BCUT2D eigenvalue weighted by molar-refractivity contribution is 5.84. The van der Waals surface area contributed by atoms with Crippen LogP contribution in [0.2, 0.25) is 0 Å². The molecule has 5 nitrogen and oxygen atoms in total. The van der Waals surface area contributed by atoms with E-state index in [9.17, 15) is 4.79 Å². The number of hydrogen-bond donors (Lipinski definition) is 0. The van der Waals surface area contributed by atoms with Gasteiger partial charge in [-0.3, -0.25) is 4.79 Å². The largest absolute Gasteiger partial charge is 0.383 e. The fourth-order valence-electron chi connectivity index (χ4n) is 4.74. The van der Waals surface area contributed by atoms with E-state index in [2.05, 4.69) is 42.2 Å². The van der Waals surface area contributed by atoms with Gasteiger partial charge in [0.15, 0.2) is 0 Å². The van der Waals surface area contributed by atoms with Crippen LogP contribution in [0.4, 0.5) is 5.82 Å². The van der Waals surface area contributed by atoms with Gasteiger partial charge in [0.1, 0.15) is 5.82 Å². The third kappa shape index (κ3) is 3.65. The van der Waals surface area contributed by atoms with Crippen molar-refractivity contribution >= 4 is 22.6 Å². The van der Waals surface area contributed by atoms with Crippen LogP contribution >= 0.6 is 0 Å². The number of carbonyl (C=O) groups is 1. The van der Waals surface area contributed by atoms with E-state index in [1.165, 1.54) is 17.4 Å². The maximum atomic E-state index is 12.3. The monoisotopic (exact) mass is 367 g/mol. The highest BCUT2D eigenvalue weighted by atomic mass is 16.5. The fraction of sp³-hybridized carbons (Fsp3) is 0.545. The minimum atomic E-state index is 0.182. The topological polar surface area (TPSA) is 45.7 Å². The predicted molar refractivity (Wildman–Crippen MR) is 108 cm³/mol. The second-order valence-corrected chi connectivity index (χ2v) is 8.15. The van der Waals surface area contributed by atoms with E-state index in [0.29, 0.717) is 19.6 Å². The second kappa shape index (κ2) is 7.47. The number of likely N-dealkylation sites (tertiary alicyclic amines) is 1. The van der Waals surface area contributed by atoms with E-state index < -0.39 is 0 Å². The Balaban J connectivity index is 1.57. The van der Waals surface area contributed by atoms with Crippen molar-refractivity contribution in [1.82, 2.24) is 9.88 Å². The lowest BCUT2D eigenvalue weighted by molar-refractivity contribution is -0.138. The van der Waals surface area contributed by atoms with Gasteiger partial charge in [-0.15, -0.1) is 0 Å². The summed E-state index contributed by atoms with van der Waals surface area (Å²) in [6, 6.07) is 10.6. The van der Waals surface area contributed by atoms with Gasteiger partial charge < -0.3 is 14.5 Å². The van der Waals surface area contributed by atoms with E-state index in [1.54, 1.807) is 7.11 Å². The van der Waals surface area contributed by atoms with Gasteiger partial charge in [-0.1, -0.05) is 18.2 Å². The first-order valence-corrected chi connectivity index (χ1v) is 9.98. The quantitative estimate of drug-likeness (QED) is 0.831. The maximum Gasteiger partial charge on any atom is 0.222 e. The number of benzene rings is 1. The first-order valence-electron chi connectivity index (χ1n) is 9.98. The van der Waals surface area contributed by atoms with Crippen LogP contribution in [0, 0.1) is 12.3 Å². The molecular weight excluding hydrogens is 338 g/mol. The van der Waals surface area contributed by atoms with Crippen molar-refractivity contribution < 1.29 is 9.53 Å². The minimum Gasteiger partial charge on any atom is -0.383 e. The number of hydrogen-bond acceptors (Lipinski definition) is 4. The summed E-state index contributed by atoms with van der Waals surface area (Å²) in [5.41, 5.74) is 2.52. The lowest BCUT2D eigenvalue weighted by Gasteiger charge is -2.48. The summed E-state index contributed by atoms with van der Waals surface area (Å²) in [6.45, 7) is 6.34. The number of ether oxygens (including phenoxy) is 1. The van der Waals surface area contributed by atoms with Gasteiger partial charge >= 0.3 is 0 Å². The molecule has 2 aromatic rings. The first kappa shape index (κ1) is 18.2. The number of aromatic nitrogens is 1. The number of carbonyl (C=O) groups excluding carboxylic acids is 1. The molecule has 2 saturated heterocycles. The molecule has 0 N–H and O–H groups in total. The molecule has 3 heterocycles. The molecule has 1 amide bonds. The zero-order chi connectivity index (χ0) is 18.9. The molecule has 0 saturated carbocycles. The molecule has 1 aromatic carbocycles. The van der Waals surface area contributed by atoms with Crippen LogP contribution in [-0.2, 0) is 9.53 Å². The fourth-order valence-corrected chi connectivity index (χ4v) is 4.74. The molecule has 5 heteroatoms. The number of amides is 1. The summed E-state index contributed by atoms with van der Waals surface area (Å²) >= 11 is 0. The number of aryl methyl sites for hydroxylation is 1. The molecule has 0 bridgehead atoms. The normalized spacial score (nSPS) is 23.4. The molecule has 2 fully saturated rings. The van der Waals surface area contributed by atoms with E-state index in [4.69, 9.17) is 9.72 Å². The van der Waals surface area contributed by atoms with Crippen LogP contribution in [0.1, 0.15) is 31.2 Å². The Morgan fingerprint density at radius 3 is 2.93 bits per heavy atom. The zero-order valence-electron chi connectivity index (χ0n) is 16.4. The molecule has 27 heavy (non-hydrogen) atoms. The number of fused-ring (bicyclic) bond motifs is 1. The van der Waals surface area contributed by atoms with Crippen molar-refractivity contribution in [2.45, 2.75) is 32.6 Å². The number of piperidine rings is 2. The lowest BCUT2D eigenvalue weighted by atomic mass is 9.73. The Kier molecular flexibility index (Phi) is 5.04. The Morgan fingerprint density at radius 2 is 2.07 bits per heavy atom. The molecule has 0 unspecified atom stereocenters. The molecule has 2 aliphatic rings. The average Bonchev–Trinajstić information content (AvgIpc) is 2.69. The number of anilines is 1. The molecule has 0 aliphatic carbocycles. The van der Waals surface area contributed by atoms with Crippen molar-refractivity contribution in [1.29, 1.82) is 0 Å². The second-order valence-electron chi connectivity index (χ2n) is 8.15. The van der Waals surface area contributed by atoms with Crippen LogP contribution in [0.3, 0.4) is 0 Å². The van der Waals surface area contributed by atoms with Gasteiger partial charge in [0.05, 0.1) is 12.1 Å². The maximum absolute atomic E-state index is 12.3. The smallest absolute Gasteiger partial charge is 0.222 e. The van der Waals surface area contributed by atoms with Gasteiger partial charge in [0.2, 0.25) is 5.91 Å². The molecule has 1 aromatic heterocycles. The van der Waals surface area contributed by atoms with Crippen molar-refractivity contribution in [2.24, 2.45) is 5.41 Å². The number of nitrogens with zero attached hydrogens (tertiary/aromatic N) is 3. The molecule has 1 spiro atoms. The van der Waals surface area contributed by atoms with Gasteiger partial charge in [0.25, 0.3) is 0 Å². The number of methoxy groups -OCH3 is 1. The standard InChI is InChI=1S/C22H29N3O2/c1-17-14-20(23-19-7-4-3-6-18(17)19)24-11-5-9-22(15-24)10-8-21(26)25(16-22)12-13-27-2/h3-4,6-7,14H,5,8-13,15-16H2,1-2H3/t22-/m0/s1. The SMILES string of the molecule is COCCN1C[C@@]2(CCCN(c3cc(C)c4ccccc4n3)C2)CCC1=O. The lowest BCUT2D eigenvalue weighted by Crippen LogP contribution is -2.54. The van der Waals surface area contributed by atoms with Crippen molar-refractivity contribution in [3.63, 3.8) is 0 Å². The first-order chi connectivity index (χ1) is 13.1. The van der Waals surface area contributed by atoms with E-state index in [-0.39, 0.29) is 11.3 Å². The number of pyridine rings is 1. The van der Waals surface area contributed by atoms with E-state index in [1.807, 2.05) is 4.90 Å². The van der Waals surface area contributed by atoms with Crippen LogP contribution in [0.15, 0.2) is 30.3 Å². The third-order valence-corrected chi connectivity index (χ3v) is 6.21. The van der Waals surface area contributed by atoms with Gasteiger partial charge in [0, 0.05) is 50.5 Å². The Bertz CT molecular complexity index is 837. The van der Waals surface area contributed by atoms with Crippen LogP contribution in [-0.4, -0.2) is 55.7 Å². The molecule has 4 rings (SSSR count). The molecule has 2 aliphatic heterocycles. The summed E-state index contributed by atoms with van der Waals surface area (Å²) in [5.74, 6) is 1.35. The Labute approximate surface area is 161 Å². The Hall–Kier alpha value is -2.14. The zero-order valence-corrected chi connectivity index (χ0v) is 16.4. The van der Waals surface area contributed by atoms with E-state index >= 15 is 0 Å². The van der Waals surface area contributed by atoms with Gasteiger partial charge in [-0.25, -0.2) is 4.98 Å². The van der Waals surface area contributed by atoms with Crippen LogP contribution in [0.5, 0.6) is 0 Å². The van der Waals surface area contributed by atoms with Gasteiger partial charge in [-0.05, 0) is 43.9 Å². The number of rotatable bonds is 4. The molecule has 0 radical (unpaired) electrons. The van der Waals surface area contributed by atoms with Crippen molar-refractivity contribution in [2.75, 3.05) is 44.8 Å². The molecule has 144 valence electrons. The summed E-state index contributed by atoms with van der Waals surface area (Å²) in [4.78, 5) is 21.7. The summed E-state index contributed by atoms with van der Waals surface area (Å²) in [5, 5.41) is 1.22. The molecule has 1 atom stereocenters. The Morgan fingerprint density at radius 1 is 1.22 bits per heavy atom. The summed E-state index contributed by atoms with van der Waals surface area (Å²) in [7, 11) is 1.69. The van der Waals surface area contributed by atoms with Gasteiger partial charge in [-0.2, -0.15) is 0 Å². The van der Waals surface area contributed by atoms with Crippen molar-refractivity contribution in [3.05, 3.63) is 35.9 Å². The molecular formula is C22H29N3O2. The average molecular weight is 367 g/mol. The highest BCUT2D eigenvalue weighted by Gasteiger charge is 2.41. The summed E-state index contributed by atoms with van der Waals surface area (Å²) in [6.07, 6.45) is 3.98. The van der Waals surface area contributed by atoms with Crippen molar-refractivity contribution in [3.8, 4) is 0 Å². The van der Waals surface area contributed by atoms with Crippen LogP contribution < -0.4 is 4.90 Å². The highest BCUT2D eigenvalue weighted by Crippen LogP contribution is 2.40. The van der Waals surface area contributed by atoms with Crippen LogP contribution in [0.25, 0.3) is 10.9 Å².